The van der Waals surface area contributed by atoms with Crippen LogP contribution in [0.25, 0.3) is 0 Å². The first kappa shape index (κ1) is 20.7. The van der Waals surface area contributed by atoms with E-state index >= 15 is 0 Å². The van der Waals surface area contributed by atoms with Crippen molar-refractivity contribution in [1.29, 1.82) is 0 Å². The van der Waals surface area contributed by atoms with Gasteiger partial charge in [-0.15, -0.1) is 11.3 Å². The largest absolute Gasteiger partial charge is 0.329 e. The maximum atomic E-state index is 12.9. The normalized spacial score (nSPS) is 10.6. The first-order valence-electron chi connectivity index (χ1n) is 8.44. The number of hydrogen-bond acceptors (Lipinski definition) is 4. The molecule has 1 N–H and O–H groups in total. The Morgan fingerprint density at radius 1 is 1.15 bits per heavy atom. The summed E-state index contributed by atoms with van der Waals surface area (Å²) in [5.74, 6) is -0.544. The van der Waals surface area contributed by atoms with Gasteiger partial charge in [0.05, 0.1) is 0 Å². The fourth-order valence-corrected chi connectivity index (χ4v) is 3.53. The number of rotatable bonds is 9. The minimum Gasteiger partial charge on any atom is -0.329 e. The molecule has 8 heteroatoms. The first-order valence-corrected chi connectivity index (χ1v) is 10.1. The van der Waals surface area contributed by atoms with E-state index in [2.05, 4.69) is 17.2 Å². The lowest BCUT2D eigenvalue weighted by Crippen LogP contribution is -2.38. The second-order valence-corrected chi connectivity index (χ2v) is 7.60. The Morgan fingerprint density at radius 3 is 2.50 bits per heavy atom. The second kappa shape index (κ2) is 10.5. The summed E-state index contributed by atoms with van der Waals surface area (Å²) in [6.45, 7) is 2.57. The Kier molecular flexibility index (Phi) is 8.35. The molecular weight excluding hydrogens is 393 g/mol. The Bertz CT molecular complexity index is 718. The van der Waals surface area contributed by atoms with Crippen LogP contribution in [0.2, 0.25) is 10.0 Å². The number of carbonyl (C=O) groups excluding carboxylic acids is 2. The molecular formula is C18H21Cl2N3O2S. The highest BCUT2D eigenvalue weighted by Crippen LogP contribution is 2.20. The zero-order valence-corrected chi connectivity index (χ0v) is 16.8. The van der Waals surface area contributed by atoms with Crippen LogP contribution in [0.15, 0.2) is 29.8 Å². The van der Waals surface area contributed by atoms with Gasteiger partial charge in [-0.2, -0.15) is 0 Å². The molecule has 0 atom stereocenters. The number of halogens is 2. The fraction of sp³-hybridized carbons (Fsp3) is 0.389. The van der Waals surface area contributed by atoms with E-state index < -0.39 is 0 Å². The van der Waals surface area contributed by atoms with Crippen LogP contribution in [0.3, 0.4) is 0 Å². The zero-order chi connectivity index (χ0) is 18.9. The van der Waals surface area contributed by atoms with Crippen LogP contribution in [-0.2, 0) is 4.79 Å². The summed E-state index contributed by atoms with van der Waals surface area (Å²) in [4.78, 5) is 30.7. The quantitative estimate of drug-likeness (QED) is 0.580. The Balaban J connectivity index is 2.08. The van der Waals surface area contributed by atoms with Crippen molar-refractivity contribution in [2.45, 2.75) is 32.6 Å². The van der Waals surface area contributed by atoms with Gasteiger partial charge in [-0.3, -0.25) is 9.59 Å². The summed E-state index contributed by atoms with van der Waals surface area (Å²) in [6.07, 6.45) is 5.64. The third-order valence-electron chi connectivity index (χ3n) is 3.69. The number of unbranched alkanes of at least 4 members (excludes halogenated alkanes) is 3. The standard InChI is InChI=1S/C18H21Cl2N3O2S/c1-2-3-4-5-7-23(12-16(24)22-18-21-6-8-26-18)17(25)13-9-14(19)11-15(20)10-13/h6,8-11H,2-5,7,12H2,1H3,(H,21,22,24). The number of benzene rings is 1. The maximum Gasteiger partial charge on any atom is 0.254 e. The molecule has 140 valence electrons. The number of hydrogen-bond donors (Lipinski definition) is 1. The highest BCUT2D eigenvalue weighted by molar-refractivity contribution is 7.13. The summed E-state index contributed by atoms with van der Waals surface area (Å²) in [6, 6.07) is 4.70. The molecule has 5 nitrogen and oxygen atoms in total. The van der Waals surface area contributed by atoms with Crippen LogP contribution in [0, 0.1) is 0 Å². The lowest BCUT2D eigenvalue weighted by atomic mass is 10.1. The molecule has 1 aromatic heterocycles. The van der Waals surface area contributed by atoms with Crippen molar-refractivity contribution in [2.24, 2.45) is 0 Å². The molecule has 0 saturated heterocycles. The maximum absolute atomic E-state index is 12.9. The van der Waals surface area contributed by atoms with Gasteiger partial charge in [-0.05, 0) is 24.6 Å². The molecule has 0 unspecified atom stereocenters. The molecule has 0 saturated carbocycles. The number of thiazole rings is 1. The van der Waals surface area contributed by atoms with Gasteiger partial charge < -0.3 is 10.2 Å². The number of aromatic nitrogens is 1. The van der Waals surface area contributed by atoms with Crippen molar-refractivity contribution in [3.8, 4) is 0 Å². The van der Waals surface area contributed by atoms with Crippen LogP contribution in [-0.4, -0.2) is 34.8 Å². The van der Waals surface area contributed by atoms with Gasteiger partial charge in [0.2, 0.25) is 5.91 Å². The van der Waals surface area contributed by atoms with Crippen molar-refractivity contribution in [3.63, 3.8) is 0 Å². The molecule has 0 aliphatic rings. The van der Waals surface area contributed by atoms with Gasteiger partial charge in [-0.1, -0.05) is 49.4 Å². The van der Waals surface area contributed by atoms with Crippen molar-refractivity contribution in [1.82, 2.24) is 9.88 Å². The fourth-order valence-electron chi connectivity index (χ4n) is 2.46. The summed E-state index contributed by atoms with van der Waals surface area (Å²) in [5.41, 5.74) is 0.375. The first-order chi connectivity index (χ1) is 12.5. The molecule has 0 aliphatic heterocycles. The lowest BCUT2D eigenvalue weighted by Gasteiger charge is -2.22. The van der Waals surface area contributed by atoms with E-state index in [1.807, 2.05) is 0 Å². The van der Waals surface area contributed by atoms with E-state index in [4.69, 9.17) is 23.2 Å². The topological polar surface area (TPSA) is 62.3 Å². The summed E-state index contributed by atoms with van der Waals surface area (Å²) in [7, 11) is 0. The molecule has 1 aromatic carbocycles. The van der Waals surface area contributed by atoms with E-state index in [-0.39, 0.29) is 18.4 Å². The summed E-state index contributed by atoms with van der Waals surface area (Å²) < 4.78 is 0. The van der Waals surface area contributed by atoms with Crippen molar-refractivity contribution < 1.29 is 9.59 Å². The predicted molar refractivity (Wildman–Crippen MR) is 107 cm³/mol. The molecule has 1 heterocycles. The zero-order valence-electron chi connectivity index (χ0n) is 14.5. The van der Waals surface area contributed by atoms with Crippen LogP contribution in [0.4, 0.5) is 5.13 Å². The number of amides is 2. The van der Waals surface area contributed by atoms with Crippen LogP contribution in [0.1, 0.15) is 43.0 Å². The molecule has 2 aromatic rings. The van der Waals surface area contributed by atoms with E-state index in [0.717, 1.165) is 25.7 Å². The lowest BCUT2D eigenvalue weighted by molar-refractivity contribution is -0.116. The third kappa shape index (κ3) is 6.59. The number of carbonyl (C=O) groups is 2. The van der Waals surface area contributed by atoms with Gasteiger partial charge in [0.25, 0.3) is 5.91 Å². The van der Waals surface area contributed by atoms with E-state index in [0.29, 0.717) is 27.3 Å². The molecule has 2 amide bonds. The van der Waals surface area contributed by atoms with Gasteiger partial charge >= 0.3 is 0 Å². The predicted octanol–water partition coefficient (Wildman–Crippen LogP) is 5.11. The molecule has 0 fully saturated rings. The van der Waals surface area contributed by atoms with Crippen LogP contribution in [0.5, 0.6) is 0 Å². The Hall–Kier alpha value is -1.63. The van der Waals surface area contributed by atoms with Crippen molar-refractivity contribution in [3.05, 3.63) is 45.4 Å². The van der Waals surface area contributed by atoms with E-state index in [1.165, 1.54) is 16.2 Å². The number of nitrogens with zero attached hydrogens (tertiary/aromatic N) is 2. The molecule has 0 radical (unpaired) electrons. The van der Waals surface area contributed by atoms with Crippen molar-refractivity contribution >= 4 is 51.5 Å². The van der Waals surface area contributed by atoms with Gasteiger partial charge in [0.1, 0.15) is 6.54 Å². The van der Waals surface area contributed by atoms with E-state index in [1.54, 1.807) is 29.8 Å². The molecule has 2 rings (SSSR count). The minimum atomic E-state index is -0.281. The Morgan fingerprint density at radius 2 is 1.88 bits per heavy atom. The van der Waals surface area contributed by atoms with Crippen molar-refractivity contribution in [2.75, 3.05) is 18.4 Å². The molecule has 26 heavy (non-hydrogen) atoms. The average molecular weight is 414 g/mol. The van der Waals surface area contributed by atoms with Gasteiger partial charge in [0.15, 0.2) is 5.13 Å². The SMILES string of the molecule is CCCCCCN(CC(=O)Nc1nccs1)C(=O)c1cc(Cl)cc(Cl)c1. The third-order valence-corrected chi connectivity index (χ3v) is 4.82. The van der Waals surface area contributed by atoms with E-state index in [9.17, 15) is 9.59 Å². The highest BCUT2D eigenvalue weighted by atomic mass is 35.5. The number of anilines is 1. The van der Waals surface area contributed by atoms with Crippen LogP contribution < -0.4 is 5.32 Å². The highest BCUT2D eigenvalue weighted by Gasteiger charge is 2.20. The smallest absolute Gasteiger partial charge is 0.254 e. The van der Waals surface area contributed by atoms with Gasteiger partial charge in [0, 0.05) is 33.7 Å². The molecule has 0 aliphatic carbocycles. The Labute approximate surface area is 167 Å². The van der Waals surface area contributed by atoms with Gasteiger partial charge in [-0.25, -0.2) is 4.98 Å². The minimum absolute atomic E-state index is 0.0470. The monoisotopic (exact) mass is 413 g/mol. The summed E-state index contributed by atoms with van der Waals surface area (Å²) in [5, 5.41) is 5.77. The molecule has 0 spiro atoms. The second-order valence-electron chi connectivity index (χ2n) is 5.83. The summed E-state index contributed by atoms with van der Waals surface area (Å²) >= 11 is 13.3. The average Bonchev–Trinajstić information content (AvgIpc) is 3.09. The number of nitrogens with one attached hydrogen (secondary N) is 1. The van der Waals surface area contributed by atoms with Crippen LogP contribution >= 0.6 is 34.5 Å². The molecule has 0 bridgehead atoms.